The standard InChI is InChI=1S/C32H54N2O/c35-31-19-15-11-7-6-10-14-18-29-25-33-21-16-12-8-4-2-1-3-5-9-13-17-28-23-30(32(29)20-22-33)26-34(24-28)27-31/h6-7,10-11,15,19,28-32,35H,1-5,8-9,12-14,16-18,20-27H2/t28-,29-,30+,31?,32+/m0/s1. The molecule has 0 amide bonds. The highest BCUT2D eigenvalue weighted by molar-refractivity contribution is 5.12. The summed E-state index contributed by atoms with van der Waals surface area (Å²) >= 11 is 0. The summed E-state index contributed by atoms with van der Waals surface area (Å²) in [5.41, 5.74) is 0. The Hall–Kier alpha value is -0.900. The SMILES string of the molecule is OC1C=CC=CC=CCC[C@H]2CN3CCCCCCCCCCCC[C@H]4C[C@H](CN(C1)C4)[C@@H]2CC3. The molecule has 0 aliphatic carbocycles. The van der Waals surface area contributed by atoms with Gasteiger partial charge in [0, 0.05) is 26.2 Å². The molecule has 3 heteroatoms. The molecular weight excluding hydrogens is 428 g/mol. The van der Waals surface area contributed by atoms with Gasteiger partial charge < -0.3 is 10.0 Å². The van der Waals surface area contributed by atoms with Crippen molar-refractivity contribution in [3.8, 4) is 0 Å². The molecule has 198 valence electrons. The normalized spacial score (nSPS) is 38.8. The molecule has 3 nitrogen and oxygen atoms in total. The summed E-state index contributed by atoms with van der Waals surface area (Å²) in [6, 6.07) is 0. The van der Waals surface area contributed by atoms with Gasteiger partial charge in [-0.2, -0.15) is 0 Å². The molecule has 5 aliphatic rings. The zero-order chi connectivity index (χ0) is 24.1. The topological polar surface area (TPSA) is 26.7 Å². The van der Waals surface area contributed by atoms with Crippen LogP contribution in [0.5, 0.6) is 0 Å². The van der Waals surface area contributed by atoms with Crippen molar-refractivity contribution in [1.82, 2.24) is 9.80 Å². The molecule has 0 aromatic heterocycles. The van der Waals surface area contributed by atoms with E-state index in [4.69, 9.17) is 0 Å². The lowest BCUT2D eigenvalue weighted by Crippen LogP contribution is -2.50. The number of aliphatic hydroxyl groups excluding tert-OH is 1. The first kappa shape index (κ1) is 27.1. The fourth-order valence-electron chi connectivity index (χ4n) is 7.59. The maximum absolute atomic E-state index is 10.7. The molecule has 4 fully saturated rings. The van der Waals surface area contributed by atoms with E-state index in [2.05, 4.69) is 34.1 Å². The Bertz CT molecular complexity index is 670. The Balaban J connectivity index is 1.50. The average molecular weight is 483 g/mol. The Morgan fingerprint density at radius 2 is 1.29 bits per heavy atom. The first-order valence-electron chi connectivity index (χ1n) is 15.4. The van der Waals surface area contributed by atoms with Crippen LogP contribution in [0.4, 0.5) is 0 Å². The van der Waals surface area contributed by atoms with Crippen molar-refractivity contribution in [3.05, 3.63) is 36.5 Å². The minimum atomic E-state index is -0.361. The van der Waals surface area contributed by atoms with Crippen molar-refractivity contribution >= 4 is 0 Å². The summed E-state index contributed by atoms with van der Waals surface area (Å²) < 4.78 is 0. The summed E-state index contributed by atoms with van der Waals surface area (Å²) in [4.78, 5) is 5.46. The molecule has 0 spiro atoms. The van der Waals surface area contributed by atoms with Gasteiger partial charge in [0.25, 0.3) is 0 Å². The monoisotopic (exact) mass is 482 g/mol. The van der Waals surface area contributed by atoms with Crippen molar-refractivity contribution in [2.45, 2.75) is 102 Å². The van der Waals surface area contributed by atoms with Crippen LogP contribution in [-0.2, 0) is 0 Å². The van der Waals surface area contributed by atoms with Gasteiger partial charge in [-0.25, -0.2) is 0 Å². The fourth-order valence-corrected chi connectivity index (χ4v) is 7.59. The first-order valence-corrected chi connectivity index (χ1v) is 15.4. The third kappa shape index (κ3) is 9.48. The van der Waals surface area contributed by atoms with E-state index in [1.165, 1.54) is 129 Å². The van der Waals surface area contributed by atoms with Crippen LogP contribution >= 0.6 is 0 Å². The molecule has 0 saturated carbocycles. The predicted molar refractivity (Wildman–Crippen MR) is 150 cm³/mol. The largest absolute Gasteiger partial charge is 0.388 e. The highest BCUT2D eigenvalue weighted by Gasteiger charge is 2.38. The number of piperidine rings is 2. The van der Waals surface area contributed by atoms with Crippen LogP contribution in [0.25, 0.3) is 0 Å². The molecule has 0 aromatic carbocycles. The Morgan fingerprint density at radius 3 is 2.11 bits per heavy atom. The molecule has 5 aliphatic heterocycles. The van der Waals surface area contributed by atoms with Crippen LogP contribution in [0.2, 0.25) is 0 Å². The number of rotatable bonds is 0. The van der Waals surface area contributed by atoms with Gasteiger partial charge in [0.15, 0.2) is 0 Å². The molecule has 6 bridgehead atoms. The van der Waals surface area contributed by atoms with Gasteiger partial charge in [0.2, 0.25) is 0 Å². The molecular formula is C32H54N2O. The lowest BCUT2D eigenvalue weighted by Gasteiger charge is -2.47. The number of nitrogens with zero attached hydrogens (tertiary/aromatic N) is 2. The van der Waals surface area contributed by atoms with E-state index in [9.17, 15) is 5.11 Å². The lowest BCUT2D eigenvalue weighted by molar-refractivity contribution is 0.00987. The molecule has 3 unspecified atom stereocenters. The maximum atomic E-state index is 10.7. The van der Waals surface area contributed by atoms with Crippen LogP contribution in [0.15, 0.2) is 36.5 Å². The van der Waals surface area contributed by atoms with Gasteiger partial charge in [-0.05, 0) is 75.3 Å². The molecule has 5 heterocycles. The average Bonchev–Trinajstić information content (AvgIpc) is 2.85. The Labute approximate surface area is 216 Å². The third-order valence-corrected chi connectivity index (χ3v) is 9.42. The van der Waals surface area contributed by atoms with Crippen LogP contribution in [0.3, 0.4) is 0 Å². The third-order valence-electron chi connectivity index (χ3n) is 9.42. The van der Waals surface area contributed by atoms with Gasteiger partial charge >= 0.3 is 0 Å². The van der Waals surface area contributed by atoms with Crippen molar-refractivity contribution in [3.63, 3.8) is 0 Å². The quantitative estimate of drug-likeness (QED) is 0.403. The summed E-state index contributed by atoms with van der Waals surface area (Å²) in [7, 11) is 0. The molecule has 0 aromatic rings. The van der Waals surface area contributed by atoms with Crippen LogP contribution in [0.1, 0.15) is 96.3 Å². The number of fused-ring (bicyclic) bond motifs is 13. The van der Waals surface area contributed by atoms with Crippen molar-refractivity contribution in [2.75, 3.05) is 39.3 Å². The van der Waals surface area contributed by atoms with Crippen LogP contribution in [-0.4, -0.2) is 60.3 Å². The second-order valence-electron chi connectivity index (χ2n) is 12.3. The van der Waals surface area contributed by atoms with E-state index < -0.39 is 0 Å². The molecule has 1 N–H and O–H groups in total. The summed E-state index contributed by atoms with van der Waals surface area (Å²) in [6.45, 7) is 7.15. The zero-order valence-corrected chi connectivity index (χ0v) is 22.5. The highest BCUT2D eigenvalue weighted by Crippen LogP contribution is 2.40. The van der Waals surface area contributed by atoms with Gasteiger partial charge in [-0.3, -0.25) is 4.90 Å². The molecule has 7 atom stereocenters. The number of allylic oxidation sites excluding steroid dienone is 5. The number of aliphatic hydroxyl groups is 1. The van der Waals surface area contributed by atoms with Gasteiger partial charge in [0.1, 0.15) is 0 Å². The lowest BCUT2D eigenvalue weighted by atomic mass is 9.69. The Morgan fingerprint density at radius 1 is 0.571 bits per heavy atom. The van der Waals surface area contributed by atoms with Gasteiger partial charge in [0.05, 0.1) is 6.10 Å². The van der Waals surface area contributed by atoms with E-state index in [1.807, 2.05) is 12.2 Å². The summed E-state index contributed by atoms with van der Waals surface area (Å²) in [5, 5.41) is 10.7. The number of hydrogen-bond acceptors (Lipinski definition) is 3. The van der Waals surface area contributed by atoms with Crippen molar-refractivity contribution < 1.29 is 5.11 Å². The first-order chi connectivity index (χ1) is 17.3. The van der Waals surface area contributed by atoms with Gasteiger partial charge in [-0.15, -0.1) is 0 Å². The van der Waals surface area contributed by atoms with Crippen molar-refractivity contribution in [1.29, 1.82) is 0 Å². The van der Waals surface area contributed by atoms with Crippen molar-refractivity contribution in [2.24, 2.45) is 23.7 Å². The second-order valence-corrected chi connectivity index (χ2v) is 12.3. The minimum Gasteiger partial charge on any atom is -0.388 e. The minimum absolute atomic E-state index is 0.361. The molecule has 35 heavy (non-hydrogen) atoms. The highest BCUT2D eigenvalue weighted by atomic mass is 16.3. The molecule has 4 saturated heterocycles. The van der Waals surface area contributed by atoms with E-state index in [-0.39, 0.29) is 6.10 Å². The summed E-state index contributed by atoms with van der Waals surface area (Å²) in [6.07, 6.45) is 33.5. The molecule has 5 rings (SSSR count). The second kappa shape index (κ2) is 15.4. The molecule has 0 radical (unpaired) electrons. The predicted octanol–water partition coefficient (Wildman–Crippen LogP) is 6.99. The number of hydrogen-bond donors (Lipinski definition) is 1. The van der Waals surface area contributed by atoms with E-state index in [1.54, 1.807) is 0 Å². The Kier molecular flexibility index (Phi) is 11.9. The smallest absolute Gasteiger partial charge is 0.0850 e. The van der Waals surface area contributed by atoms with Gasteiger partial charge in [-0.1, -0.05) is 94.2 Å². The maximum Gasteiger partial charge on any atom is 0.0850 e. The van der Waals surface area contributed by atoms with Crippen LogP contribution < -0.4 is 0 Å². The van der Waals surface area contributed by atoms with E-state index >= 15 is 0 Å². The van der Waals surface area contributed by atoms with E-state index in [0.717, 1.165) is 30.2 Å². The fraction of sp³-hybridized carbons (Fsp3) is 0.812. The zero-order valence-electron chi connectivity index (χ0n) is 22.5. The van der Waals surface area contributed by atoms with E-state index in [0.29, 0.717) is 0 Å². The van der Waals surface area contributed by atoms with Crippen LogP contribution in [0, 0.1) is 23.7 Å². The summed E-state index contributed by atoms with van der Waals surface area (Å²) in [5.74, 6) is 3.33.